The van der Waals surface area contributed by atoms with E-state index in [1.54, 1.807) is 6.20 Å². The summed E-state index contributed by atoms with van der Waals surface area (Å²) in [5.41, 5.74) is 5.52. The maximum Gasteiger partial charge on any atom is 0.258 e. The van der Waals surface area contributed by atoms with Crippen LogP contribution >= 0.6 is 11.3 Å². The van der Waals surface area contributed by atoms with Gasteiger partial charge in [0.05, 0.1) is 11.3 Å². The molecule has 0 aliphatic carbocycles. The molecule has 0 saturated heterocycles. The van der Waals surface area contributed by atoms with E-state index in [1.165, 1.54) is 28.0 Å². The van der Waals surface area contributed by atoms with Crippen molar-refractivity contribution in [3.8, 4) is 17.1 Å². The van der Waals surface area contributed by atoms with Crippen molar-refractivity contribution < 1.29 is 4.79 Å². The van der Waals surface area contributed by atoms with Crippen LogP contribution in [0, 0.1) is 20.8 Å². The third-order valence-electron chi connectivity index (χ3n) is 4.82. The summed E-state index contributed by atoms with van der Waals surface area (Å²) in [6, 6.07) is 14.4. The van der Waals surface area contributed by atoms with Crippen molar-refractivity contribution in [2.75, 3.05) is 5.32 Å². The van der Waals surface area contributed by atoms with Gasteiger partial charge in [0.25, 0.3) is 11.5 Å². The summed E-state index contributed by atoms with van der Waals surface area (Å²) in [5, 5.41) is 5.14. The number of benzene rings is 1. The third kappa shape index (κ3) is 4.06. The lowest BCUT2D eigenvalue weighted by Gasteiger charge is -2.08. The minimum atomic E-state index is -0.329. The van der Waals surface area contributed by atoms with E-state index in [4.69, 9.17) is 0 Å². The lowest BCUT2D eigenvalue weighted by molar-refractivity contribution is 0.102. The smallest absolute Gasteiger partial charge is 0.258 e. The van der Waals surface area contributed by atoms with Gasteiger partial charge in [-0.05, 0) is 50.6 Å². The molecule has 0 bridgehead atoms. The second kappa shape index (κ2) is 8.04. The quantitative estimate of drug-likeness (QED) is 0.530. The number of hydrogen-bond acceptors (Lipinski definition) is 5. The van der Waals surface area contributed by atoms with Gasteiger partial charge in [0.2, 0.25) is 0 Å². The maximum absolute atomic E-state index is 12.7. The number of rotatable bonds is 4. The molecule has 150 valence electrons. The predicted molar refractivity (Wildman–Crippen MR) is 120 cm³/mol. The zero-order chi connectivity index (χ0) is 21.3. The molecule has 0 spiro atoms. The van der Waals surface area contributed by atoms with Crippen molar-refractivity contribution in [2.45, 2.75) is 20.8 Å². The van der Waals surface area contributed by atoms with Gasteiger partial charge in [-0.1, -0.05) is 23.8 Å². The van der Waals surface area contributed by atoms with E-state index in [-0.39, 0.29) is 11.5 Å². The van der Waals surface area contributed by atoms with Crippen LogP contribution in [0.2, 0.25) is 0 Å². The molecular formula is C23H20N4O2S. The highest BCUT2D eigenvalue weighted by Crippen LogP contribution is 2.24. The van der Waals surface area contributed by atoms with Gasteiger partial charge in [0.1, 0.15) is 5.69 Å². The van der Waals surface area contributed by atoms with Crippen molar-refractivity contribution in [1.82, 2.24) is 14.5 Å². The fourth-order valence-electron chi connectivity index (χ4n) is 2.92. The SMILES string of the molecule is Cc1ccc(-n2cc(C(=O)Nc3nc(-c4ccc(C)c(C)n4)cs3)ccc2=O)cc1. The monoisotopic (exact) mass is 416 g/mol. The summed E-state index contributed by atoms with van der Waals surface area (Å²) >= 11 is 1.33. The summed E-state index contributed by atoms with van der Waals surface area (Å²) in [7, 11) is 0. The minimum Gasteiger partial charge on any atom is -0.298 e. The van der Waals surface area contributed by atoms with Crippen LogP contribution in [0.15, 0.2) is 64.9 Å². The maximum atomic E-state index is 12.7. The average molecular weight is 417 g/mol. The summed E-state index contributed by atoms with van der Waals surface area (Å²) in [5.74, 6) is -0.329. The molecule has 0 saturated carbocycles. The number of carbonyl (C=O) groups is 1. The molecule has 4 rings (SSSR count). The molecule has 3 heterocycles. The van der Waals surface area contributed by atoms with Crippen LogP contribution in [0.4, 0.5) is 5.13 Å². The van der Waals surface area contributed by atoms with Gasteiger partial charge in [0.15, 0.2) is 5.13 Å². The second-order valence-corrected chi connectivity index (χ2v) is 7.91. The molecule has 0 unspecified atom stereocenters. The van der Waals surface area contributed by atoms with Crippen molar-refractivity contribution in [3.05, 3.63) is 92.8 Å². The van der Waals surface area contributed by atoms with Gasteiger partial charge in [-0.2, -0.15) is 0 Å². The highest BCUT2D eigenvalue weighted by molar-refractivity contribution is 7.14. The molecule has 6 nitrogen and oxygen atoms in total. The van der Waals surface area contributed by atoms with Crippen LogP contribution in [0.25, 0.3) is 17.1 Å². The van der Waals surface area contributed by atoms with Crippen LogP contribution in [0.3, 0.4) is 0 Å². The Morgan fingerprint density at radius 3 is 2.43 bits per heavy atom. The van der Waals surface area contributed by atoms with Crippen LogP contribution < -0.4 is 10.9 Å². The first-order chi connectivity index (χ1) is 14.4. The molecule has 0 fully saturated rings. The van der Waals surface area contributed by atoms with E-state index in [1.807, 2.05) is 62.5 Å². The normalized spacial score (nSPS) is 10.8. The predicted octanol–water partition coefficient (Wildman–Crippen LogP) is 4.53. The van der Waals surface area contributed by atoms with Crippen molar-refractivity contribution >= 4 is 22.4 Å². The minimum absolute atomic E-state index is 0.201. The highest BCUT2D eigenvalue weighted by Gasteiger charge is 2.13. The van der Waals surface area contributed by atoms with Crippen molar-refractivity contribution in [2.24, 2.45) is 0 Å². The molecule has 30 heavy (non-hydrogen) atoms. The lowest BCUT2D eigenvalue weighted by atomic mass is 10.2. The molecule has 1 amide bonds. The fraction of sp³-hybridized carbons (Fsp3) is 0.130. The number of pyridine rings is 2. The molecule has 4 aromatic rings. The Morgan fingerprint density at radius 2 is 1.70 bits per heavy atom. The van der Waals surface area contributed by atoms with Gasteiger partial charge >= 0.3 is 0 Å². The number of amides is 1. The molecule has 1 N–H and O–H groups in total. The lowest BCUT2D eigenvalue weighted by Crippen LogP contribution is -2.20. The number of nitrogens with zero attached hydrogens (tertiary/aromatic N) is 3. The molecule has 3 aromatic heterocycles. The van der Waals surface area contributed by atoms with Crippen LogP contribution in [0.1, 0.15) is 27.2 Å². The van der Waals surface area contributed by atoms with Crippen LogP contribution in [0.5, 0.6) is 0 Å². The fourth-order valence-corrected chi connectivity index (χ4v) is 3.62. The zero-order valence-corrected chi connectivity index (χ0v) is 17.7. The van der Waals surface area contributed by atoms with Crippen LogP contribution in [-0.4, -0.2) is 20.4 Å². The molecule has 7 heteroatoms. The first-order valence-electron chi connectivity index (χ1n) is 9.42. The zero-order valence-electron chi connectivity index (χ0n) is 16.8. The summed E-state index contributed by atoms with van der Waals surface area (Å²) in [6.07, 6.45) is 1.54. The van der Waals surface area contributed by atoms with Gasteiger partial charge in [-0.25, -0.2) is 4.98 Å². The van der Waals surface area contributed by atoms with Gasteiger partial charge < -0.3 is 0 Å². The highest BCUT2D eigenvalue weighted by atomic mass is 32.1. The molecule has 0 aliphatic heterocycles. The summed E-state index contributed by atoms with van der Waals surface area (Å²) in [4.78, 5) is 34.0. The largest absolute Gasteiger partial charge is 0.298 e. The Morgan fingerprint density at radius 1 is 0.933 bits per heavy atom. The number of thiazole rings is 1. The standard InChI is InChI=1S/C23H20N4O2S/c1-14-4-8-18(9-5-14)27-12-17(7-11-21(27)28)22(29)26-23-25-20(13-30-23)19-10-6-15(2)16(3)24-19/h4-13H,1-3H3,(H,25,26,29). The van der Waals surface area contributed by atoms with E-state index >= 15 is 0 Å². The number of anilines is 1. The molecule has 0 aliphatic rings. The summed E-state index contributed by atoms with van der Waals surface area (Å²) in [6.45, 7) is 5.94. The topological polar surface area (TPSA) is 76.9 Å². The van der Waals surface area contributed by atoms with Crippen LogP contribution in [-0.2, 0) is 0 Å². The number of nitrogens with one attached hydrogen (secondary N) is 1. The molecule has 1 aromatic carbocycles. The Labute approximate surface area is 177 Å². The van der Waals surface area contributed by atoms with E-state index < -0.39 is 0 Å². The van der Waals surface area contributed by atoms with E-state index in [0.29, 0.717) is 22.1 Å². The van der Waals surface area contributed by atoms with Gasteiger partial charge in [-0.15, -0.1) is 11.3 Å². The van der Waals surface area contributed by atoms with Gasteiger partial charge in [0, 0.05) is 29.0 Å². The first-order valence-corrected chi connectivity index (χ1v) is 10.3. The molecule has 0 atom stereocenters. The second-order valence-electron chi connectivity index (χ2n) is 7.05. The Hall–Kier alpha value is -3.58. The van der Waals surface area contributed by atoms with Crippen molar-refractivity contribution in [3.63, 3.8) is 0 Å². The number of aryl methyl sites for hydroxylation is 3. The van der Waals surface area contributed by atoms with E-state index in [9.17, 15) is 9.59 Å². The number of carbonyl (C=O) groups excluding carboxylic acids is 1. The van der Waals surface area contributed by atoms with Gasteiger partial charge in [-0.3, -0.25) is 24.5 Å². The number of hydrogen-bond donors (Lipinski definition) is 1. The average Bonchev–Trinajstić information content (AvgIpc) is 3.19. The van der Waals surface area contributed by atoms with E-state index in [0.717, 1.165) is 22.5 Å². The number of aromatic nitrogens is 3. The Bertz CT molecular complexity index is 1290. The Kier molecular flexibility index (Phi) is 5.29. The van der Waals surface area contributed by atoms with Crippen molar-refractivity contribution in [1.29, 1.82) is 0 Å². The molecule has 0 radical (unpaired) electrons. The first kappa shape index (κ1) is 19.7. The van der Waals surface area contributed by atoms with E-state index in [2.05, 4.69) is 15.3 Å². The third-order valence-corrected chi connectivity index (χ3v) is 5.58. The Balaban J connectivity index is 1.57. The molecular weight excluding hydrogens is 396 g/mol. The summed E-state index contributed by atoms with van der Waals surface area (Å²) < 4.78 is 1.46.